The lowest BCUT2D eigenvalue weighted by atomic mass is 10.0. The first-order valence-electron chi connectivity index (χ1n) is 4.94. The van der Waals surface area contributed by atoms with Crippen LogP contribution in [0.15, 0.2) is 40.9 Å². The molecule has 0 heterocycles. The molecular weight excluding hydrogens is 309 g/mol. The van der Waals surface area contributed by atoms with Gasteiger partial charge in [-0.15, -0.1) is 0 Å². The lowest BCUT2D eigenvalue weighted by Gasteiger charge is -2.05. The van der Waals surface area contributed by atoms with Crippen molar-refractivity contribution in [3.8, 4) is 0 Å². The normalized spacial score (nSPS) is 10.4. The second-order valence-electron chi connectivity index (χ2n) is 3.58. The van der Waals surface area contributed by atoms with Crippen LogP contribution in [-0.2, 0) is 0 Å². The van der Waals surface area contributed by atoms with Crippen LogP contribution < -0.4 is 0 Å². The van der Waals surface area contributed by atoms with Gasteiger partial charge >= 0.3 is 0 Å². The Kier molecular flexibility index (Phi) is 3.52. The lowest BCUT2D eigenvalue weighted by Crippen LogP contribution is -2.08. The van der Waals surface area contributed by atoms with Gasteiger partial charge in [0.25, 0.3) is 0 Å². The van der Waals surface area contributed by atoms with Crippen LogP contribution >= 0.6 is 15.9 Å². The van der Waals surface area contributed by atoms with E-state index in [-0.39, 0.29) is 5.56 Å². The number of ketones is 1. The Balaban J connectivity index is 2.53. The largest absolute Gasteiger partial charge is 0.288 e. The first-order valence-corrected chi connectivity index (χ1v) is 5.73. The molecule has 5 heteroatoms. The Bertz CT molecular complexity index is 602. The molecule has 0 saturated carbocycles. The minimum atomic E-state index is -1.21. The van der Waals surface area contributed by atoms with E-state index in [2.05, 4.69) is 15.9 Å². The maximum atomic E-state index is 13.4. The highest BCUT2D eigenvalue weighted by Crippen LogP contribution is 2.20. The van der Waals surface area contributed by atoms with Gasteiger partial charge in [-0.25, -0.2) is 13.2 Å². The fourth-order valence-corrected chi connectivity index (χ4v) is 1.93. The quantitative estimate of drug-likeness (QED) is 0.763. The smallest absolute Gasteiger partial charge is 0.198 e. The zero-order valence-electron chi connectivity index (χ0n) is 8.88. The van der Waals surface area contributed by atoms with Gasteiger partial charge < -0.3 is 0 Å². The van der Waals surface area contributed by atoms with E-state index in [0.717, 1.165) is 0 Å². The van der Waals surface area contributed by atoms with E-state index in [9.17, 15) is 18.0 Å². The van der Waals surface area contributed by atoms with E-state index in [1.54, 1.807) is 12.1 Å². The molecule has 0 saturated heterocycles. The van der Waals surface area contributed by atoms with E-state index in [0.29, 0.717) is 16.6 Å². The monoisotopic (exact) mass is 314 g/mol. The molecule has 0 unspecified atom stereocenters. The highest BCUT2D eigenvalue weighted by atomic mass is 79.9. The first kappa shape index (κ1) is 12.8. The molecule has 0 bridgehead atoms. The van der Waals surface area contributed by atoms with Gasteiger partial charge in [0.2, 0.25) is 0 Å². The average molecular weight is 315 g/mol. The van der Waals surface area contributed by atoms with Gasteiger partial charge in [0.15, 0.2) is 5.78 Å². The zero-order chi connectivity index (χ0) is 13.3. The molecule has 0 aliphatic rings. The Morgan fingerprint density at radius 2 is 1.61 bits per heavy atom. The molecule has 0 aliphatic heterocycles. The first-order chi connectivity index (χ1) is 8.49. The summed E-state index contributed by atoms with van der Waals surface area (Å²) < 4.78 is 40.2. The average Bonchev–Trinajstić information content (AvgIpc) is 2.27. The van der Waals surface area contributed by atoms with Gasteiger partial charge in [0.05, 0.1) is 5.56 Å². The number of carbonyl (C=O) groups is 1. The number of carbonyl (C=O) groups excluding carboxylic acids is 1. The predicted octanol–water partition coefficient (Wildman–Crippen LogP) is 4.10. The van der Waals surface area contributed by atoms with Gasteiger partial charge in [-0.2, -0.15) is 0 Å². The Labute approximate surface area is 109 Å². The molecule has 1 nitrogen and oxygen atoms in total. The third-order valence-corrected chi connectivity index (χ3v) is 2.81. The van der Waals surface area contributed by atoms with Crippen molar-refractivity contribution in [2.45, 2.75) is 0 Å². The minimum Gasteiger partial charge on any atom is -0.288 e. The zero-order valence-corrected chi connectivity index (χ0v) is 10.5. The molecule has 0 aliphatic carbocycles. The molecule has 0 spiro atoms. The second-order valence-corrected chi connectivity index (χ2v) is 4.50. The van der Waals surface area contributed by atoms with Crippen LogP contribution in [0.4, 0.5) is 13.2 Å². The van der Waals surface area contributed by atoms with Gasteiger partial charge in [-0.1, -0.05) is 28.1 Å². The van der Waals surface area contributed by atoms with Crippen LogP contribution in [0, 0.1) is 17.5 Å². The van der Waals surface area contributed by atoms with Gasteiger partial charge in [-0.05, 0) is 12.1 Å². The summed E-state index contributed by atoms with van der Waals surface area (Å²) in [5, 5.41) is 0. The maximum absolute atomic E-state index is 13.4. The Morgan fingerprint density at radius 1 is 1.00 bits per heavy atom. The van der Waals surface area contributed by atoms with E-state index in [1.165, 1.54) is 12.1 Å². The van der Waals surface area contributed by atoms with Crippen molar-refractivity contribution in [1.29, 1.82) is 0 Å². The van der Waals surface area contributed by atoms with Crippen molar-refractivity contribution >= 4 is 21.7 Å². The topological polar surface area (TPSA) is 17.1 Å². The van der Waals surface area contributed by atoms with Crippen molar-refractivity contribution in [2.24, 2.45) is 0 Å². The lowest BCUT2D eigenvalue weighted by molar-refractivity contribution is 0.103. The number of rotatable bonds is 2. The van der Waals surface area contributed by atoms with Gasteiger partial charge in [-0.3, -0.25) is 4.79 Å². The van der Waals surface area contributed by atoms with E-state index in [4.69, 9.17) is 0 Å². The number of hydrogen-bond acceptors (Lipinski definition) is 1. The summed E-state index contributed by atoms with van der Waals surface area (Å²) in [7, 11) is 0. The van der Waals surface area contributed by atoms with E-state index < -0.39 is 28.8 Å². The minimum absolute atomic E-state index is 0.119. The molecule has 0 fully saturated rings. The number of hydrogen-bond donors (Lipinski definition) is 0. The molecule has 0 N–H and O–H groups in total. The van der Waals surface area contributed by atoms with Crippen molar-refractivity contribution < 1.29 is 18.0 Å². The molecule has 0 radical (unpaired) electrons. The maximum Gasteiger partial charge on any atom is 0.198 e. The van der Waals surface area contributed by atoms with Crippen LogP contribution in [0.25, 0.3) is 0 Å². The van der Waals surface area contributed by atoms with E-state index in [1.807, 2.05) is 0 Å². The summed E-state index contributed by atoms with van der Waals surface area (Å²) in [5.74, 6) is -4.31. The third-order valence-electron chi connectivity index (χ3n) is 2.32. The number of benzene rings is 2. The second kappa shape index (κ2) is 4.94. The molecule has 18 heavy (non-hydrogen) atoms. The molecule has 0 atom stereocenters. The van der Waals surface area contributed by atoms with Gasteiger partial charge in [0, 0.05) is 22.2 Å². The van der Waals surface area contributed by atoms with Crippen LogP contribution in [-0.4, -0.2) is 5.78 Å². The molecule has 2 rings (SSSR count). The summed E-state index contributed by atoms with van der Waals surface area (Å²) in [6.45, 7) is 0. The molecular formula is C13H6BrF3O. The fourth-order valence-electron chi connectivity index (χ4n) is 1.53. The van der Waals surface area contributed by atoms with Crippen LogP contribution in [0.3, 0.4) is 0 Å². The SMILES string of the molecule is O=C(c1cccc(Br)c1)c1c(F)cc(F)cc1F. The van der Waals surface area contributed by atoms with Crippen molar-refractivity contribution in [3.63, 3.8) is 0 Å². The third kappa shape index (κ3) is 2.46. The van der Waals surface area contributed by atoms with Crippen LogP contribution in [0.1, 0.15) is 15.9 Å². The van der Waals surface area contributed by atoms with Crippen molar-refractivity contribution in [3.05, 3.63) is 69.4 Å². The molecule has 2 aromatic rings. The van der Waals surface area contributed by atoms with Crippen LogP contribution in [0.5, 0.6) is 0 Å². The summed E-state index contributed by atoms with van der Waals surface area (Å²) >= 11 is 3.15. The highest BCUT2D eigenvalue weighted by molar-refractivity contribution is 9.10. The summed E-state index contributed by atoms with van der Waals surface area (Å²) in [6, 6.07) is 7.06. The number of halogens is 4. The van der Waals surface area contributed by atoms with Gasteiger partial charge in [0.1, 0.15) is 17.5 Å². The predicted molar refractivity (Wildman–Crippen MR) is 63.9 cm³/mol. The molecule has 92 valence electrons. The Hall–Kier alpha value is -1.62. The Morgan fingerprint density at radius 3 is 2.17 bits per heavy atom. The summed E-state index contributed by atoms with van der Waals surface area (Å²) in [5.41, 5.74) is -0.636. The molecule has 0 aromatic heterocycles. The molecule has 0 amide bonds. The highest BCUT2D eigenvalue weighted by Gasteiger charge is 2.20. The summed E-state index contributed by atoms with van der Waals surface area (Å²) in [4.78, 5) is 11.9. The standard InChI is InChI=1S/C13H6BrF3O/c14-8-3-1-2-7(4-8)13(18)12-10(16)5-9(15)6-11(12)17/h1-6H. The van der Waals surface area contributed by atoms with Crippen molar-refractivity contribution in [1.82, 2.24) is 0 Å². The van der Waals surface area contributed by atoms with Crippen LogP contribution in [0.2, 0.25) is 0 Å². The fraction of sp³-hybridized carbons (Fsp3) is 0. The molecule has 2 aromatic carbocycles. The van der Waals surface area contributed by atoms with Crippen molar-refractivity contribution in [2.75, 3.05) is 0 Å². The summed E-state index contributed by atoms with van der Waals surface area (Å²) in [6.07, 6.45) is 0. The van der Waals surface area contributed by atoms with E-state index >= 15 is 0 Å².